The number of carbonyl (C=O) groups is 1. The zero-order chi connectivity index (χ0) is 30.4. The highest BCUT2D eigenvalue weighted by molar-refractivity contribution is 5.67. The van der Waals surface area contributed by atoms with E-state index in [4.69, 9.17) is 14.2 Å². The lowest BCUT2D eigenvalue weighted by Gasteiger charge is -2.59. The van der Waals surface area contributed by atoms with Gasteiger partial charge in [0.05, 0.1) is 18.3 Å². The van der Waals surface area contributed by atoms with Crippen molar-refractivity contribution in [3.05, 3.63) is 0 Å². The van der Waals surface area contributed by atoms with Crippen molar-refractivity contribution in [2.24, 2.45) is 51.2 Å². The van der Waals surface area contributed by atoms with E-state index >= 15 is 0 Å². The molecule has 12 atom stereocenters. The molecule has 0 radical (unpaired) electrons. The van der Waals surface area contributed by atoms with Crippen molar-refractivity contribution in [1.82, 2.24) is 10.2 Å². The second kappa shape index (κ2) is 10.8. The Labute approximate surface area is 260 Å². The van der Waals surface area contributed by atoms with Crippen LogP contribution < -0.4 is 5.32 Å². The molecule has 12 unspecified atom stereocenters. The molecule has 0 aromatic rings. The topological polar surface area (TPSA) is 80.3 Å². The maximum absolute atomic E-state index is 12.9. The minimum atomic E-state index is -0.506. The number of nitrogens with zero attached hydrogens (tertiary/aromatic N) is 1. The summed E-state index contributed by atoms with van der Waals surface area (Å²) in [7, 11) is 0. The lowest BCUT2D eigenvalue weighted by atomic mass is 9.46. The average Bonchev–Trinajstić information content (AvgIpc) is 3.52. The van der Waals surface area contributed by atoms with Gasteiger partial charge in [0.15, 0.2) is 0 Å². The van der Waals surface area contributed by atoms with E-state index in [0.29, 0.717) is 47.3 Å². The maximum Gasteiger partial charge on any atom is 0.407 e. The number of rotatable bonds is 8. The van der Waals surface area contributed by atoms with Crippen molar-refractivity contribution in [2.75, 3.05) is 32.8 Å². The Bertz CT molecular complexity index is 1060. The van der Waals surface area contributed by atoms with Gasteiger partial charge in [-0.25, -0.2) is 4.79 Å². The van der Waals surface area contributed by atoms with Crippen molar-refractivity contribution in [2.45, 2.75) is 136 Å². The van der Waals surface area contributed by atoms with E-state index in [2.05, 4.69) is 37.9 Å². The van der Waals surface area contributed by atoms with Gasteiger partial charge >= 0.3 is 6.09 Å². The highest BCUT2D eigenvalue weighted by atomic mass is 16.6. The number of carbonyl (C=O) groups excluding carboxylic acids is 1. The molecule has 244 valence electrons. The predicted molar refractivity (Wildman–Crippen MR) is 167 cm³/mol. The van der Waals surface area contributed by atoms with Gasteiger partial charge in [-0.2, -0.15) is 0 Å². The van der Waals surface area contributed by atoms with Gasteiger partial charge in [0.2, 0.25) is 0 Å². The molecule has 5 aliphatic carbocycles. The summed E-state index contributed by atoms with van der Waals surface area (Å²) in [6.45, 7) is 18.1. The number of nitrogens with one attached hydrogen (secondary N) is 1. The van der Waals surface area contributed by atoms with Crippen LogP contribution in [0.15, 0.2) is 0 Å². The lowest BCUT2D eigenvalue weighted by Crippen LogP contribution is -2.55. The first-order valence-corrected chi connectivity index (χ1v) is 18.1. The molecule has 2 N–H and O–H groups in total. The molecular weight excluding hydrogens is 540 g/mol. The van der Waals surface area contributed by atoms with Gasteiger partial charge in [-0.15, -0.1) is 0 Å². The quantitative estimate of drug-likeness (QED) is 0.355. The molecule has 2 saturated heterocycles. The van der Waals surface area contributed by atoms with Crippen LogP contribution in [0.1, 0.15) is 106 Å². The van der Waals surface area contributed by atoms with Gasteiger partial charge in [-0.3, -0.25) is 0 Å². The van der Waals surface area contributed by atoms with Crippen molar-refractivity contribution in [3.63, 3.8) is 0 Å². The number of likely N-dealkylation sites (tertiary alicyclic amines) is 1. The average molecular weight is 601 g/mol. The van der Waals surface area contributed by atoms with Gasteiger partial charge in [0.1, 0.15) is 12.2 Å². The minimum Gasteiger partial charge on any atom is -0.446 e. The largest absolute Gasteiger partial charge is 0.446 e. The van der Waals surface area contributed by atoms with Crippen LogP contribution in [-0.2, 0) is 14.2 Å². The fourth-order valence-electron chi connectivity index (χ4n) is 13.0. The van der Waals surface area contributed by atoms with Crippen molar-refractivity contribution < 1.29 is 24.1 Å². The van der Waals surface area contributed by atoms with Gasteiger partial charge in [0, 0.05) is 38.2 Å². The summed E-state index contributed by atoms with van der Waals surface area (Å²) < 4.78 is 19.1. The van der Waals surface area contributed by atoms with E-state index < -0.39 is 6.10 Å². The van der Waals surface area contributed by atoms with Gasteiger partial charge in [-0.05, 0) is 124 Å². The van der Waals surface area contributed by atoms with Crippen molar-refractivity contribution >= 4 is 6.09 Å². The van der Waals surface area contributed by atoms with Gasteiger partial charge < -0.3 is 29.5 Å². The van der Waals surface area contributed by atoms with Crippen LogP contribution in [0.5, 0.6) is 0 Å². The number of amides is 1. The lowest BCUT2D eigenvalue weighted by molar-refractivity contribution is -0.171. The minimum absolute atomic E-state index is 0.00194. The van der Waals surface area contributed by atoms with Gasteiger partial charge in [-0.1, -0.05) is 27.7 Å². The zero-order valence-corrected chi connectivity index (χ0v) is 27.9. The second-order valence-electron chi connectivity index (χ2n) is 17.2. The van der Waals surface area contributed by atoms with E-state index in [1.54, 1.807) is 0 Å². The van der Waals surface area contributed by atoms with Crippen LogP contribution in [0.25, 0.3) is 0 Å². The Morgan fingerprint density at radius 1 is 1.02 bits per heavy atom. The van der Waals surface area contributed by atoms with Crippen LogP contribution in [0, 0.1) is 51.2 Å². The molecule has 7 fully saturated rings. The SMILES string of the molecule is CCOC(C(C)O)C1CCC2C(CC3C4CCC5C(C)(C)C(OC(=O)NCCN6CC(C)C6)CCC56CC46CCC23C)O1. The van der Waals surface area contributed by atoms with Crippen LogP contribution >= 0.6 is 0 Å². The summed E-state index contributed by atoms with van der Waals surface area (Å²) >= 11 is 0. The van der Waals surface area contributed by atoms with Crippen molar-refractivity contribution in [1.29, 1.82) is 0 Å². The molecule has 7 rings (SSSR count). The maximum atomic E-state index is 12.9. The second-order valence-corrected chi connectivity index (χ2v) is 17.2. The van der Waals surface area contributed by atoms with Crippen LogP contribution in [0.2, 0.25) is 0 Å². The first-order valence-electron chi connectivity index (χ1n) is 18.1. The Balaban J connectivity index is 1.01. The molecule has 2 heterocycles. The standard InChI is InChI=1S/C36H60N2O5/c1-7-41-31(23(3)39)27-10-8-25-28(42-27)18-26-24-9-11-29-33(4,5)30(43-32(40)37-16-17-38-19-22(2)20-38)12-13-36(29)21-35(24,36)15-14-34(25,26)6/h22-31,39H,7-21H2,1-6H3,(H,37,40). The molecule has 5 saturated carbocycles. The fourth-order valence-corrected chi connectivity index (χ4v) is 13.0. The van der Waals surface area contributed by atoms with Crippen LogP contribution in [0.4, 0.5) is 4.79 Å². The Morgan fingerprint density at radius 3 is 2.51 bits per heavy atom. The van der Waals surface area contributed by atoms with Crippen LogP contribution in [-0.4, -0.2) is 79.4 Å². The Hall–Kier alpha value is -0.890. The molecule has 0 aromatic carbocycles. The molecule has 7 heteroatoms. The predicted octanol–water partition coefficient (Wildman–Crippen LogP) is 6.03. The summed E-state index contributed by atoms with van der Waals surface area (Å²) in [5.41, 5.74) is 1.30. The third-order valence-corrected chi connectivity index (χ3v) is 14.8. The normalized spacial score (nSPS) is 47.9. The Kier molecular flexibility index (Phi) is 7.75. The molecule has 7 aliphatic rings. The number of ether oxygens (including phenoxy) is 3. The smallest absolute Gasteiger partial charge is 0.407 e. The van der Waals surface area contributed by atoms with E-state index in [1.807, 2.05) is 13.8 Å². The summed E-state index contributed by atoms with van der Waals surface area (Å²) in [4.78, 5) is 15.3. The molecule has 43 heavy (non-hydrogen) atoms. The summed E-state index contributed by atoms with van der Waals surface area (Å²) in [5.74, 6) is 3.60. The number of hydrogen-bond donors (Lipinski definition) is 2. The number of aliphatic hydroxyl groups is 1. The zero-order valence-electron chi connectivity index (χ0n) is 27.9. The number of hydrogen-bond acceptors (Lipinski definition) is 6. The molecule has 2 aliphatic heterocycles. The molecule has 1 amide bonds. The van der Waals surface area contributed by atoms with E-state index in [1.165, 1.54) is 51.4 Å². The first kappa shape index (κ1) is 30.7. The van der Waals surface area contributed by atoms with E-state index in [-0.39, 0.29) is 29.8 Å². The van der Waals surface area contributed by atoms with E-state index in [0.717, 1.165) is 50.2 Å². The third kappa shape index (κ3) is 4.66. The van der Waals surface area contributed by atoms with Crippen LogP contribution in [0.3, 0.4) is 0 Å². The molecule has 2 spiro atoms. The number of fused-ring (bicyclic) bond motifs is 4. The fraction of sp³-hybridized carbons (Fsp3) is 0.972. The molecule has 7 nitrogen and oxygen atoms in total. The monoisotopic (exact) mass is 600 g/mol. The first-order chi connectivity index (χ1) is 20.4. The highest BCUT2D eigenvalue weighted by Gasteiger charge is 2.81. The highest BCUT2D eigenvalue weighted by Crippen LogP contribution is 2.87. The number of alkyl carbamates (subject to hydrolysis) is 1. The molecule has 0 bridgehead atoms. The summed E-state index contributed by atoms with van der Waals surface area (Å²) in [6.07, 6.45) is 11.7. The summed E-state index contributed by atoms with van der Waals surface area (Å²) in [5, 5.41) is 13.5. The Morgan fingerprint density at radius 2 is 1.79 bits per heavy atom. The molecule has 0 aromatic heterocycles. The molecular formula is C36H60N2O5. The van der Waals surface area contributed by atoms with Crippen molar-refractivity contribution in [3.8, 4) is 0 Å². The third-order valence-electron chi connectivity index (χ3n) is 14.8. The van der Waals surface area contributed by atoms with Gasteiger partial charge in [0.25, 0.3) is 0 Å². The number of aliphatic hydroxyl groups excluding tert-OH is 1. The van der Waals surface area contributed by atoms with E-state index in [9.17, 15) is 9.90 Å². The summed E-state index contributed by atoms with van der Waals surface area (Å²) in [6, 6.07) is 0.